The summed E-state index contributed by atoms with van der Waals surface area (Å²) in [5.41, 5.74) is 0.662. The van der Waals surface area contributed by atoms with Crippen molar-refractivity contribution in [1.29, 1.82) is 0 Å². The lowest BCUT2D eigenvalue weighted by Gasteiger charge is -1.98. The molecule has 0 amide bonds. The number of nitrogens with one attached hydrogen (secondary N) is 1. The van der Waals surface area contributed by atoms with Crippen molar-refractivity contribution in [3.8, 4) is 0 Å². The number of carboxylic acid groups (broad SMARTS) is 1. The van der Waals surface area contributed by atoms with E-state index in [1.165, 1.54) is 6.07 Å². The van der Waals surface area contributed by atoms with Gasteiger partial charge >= 0.3 is 5.97 Å². The van der Waals surface area contributed by atoms with E-state index in [4.69, 9.17) is 16.7 Å². The molecule has 0 spiro atoms. The third-order valence-corrected chi connectivity index (χ3v) is 2.54. The summed E-state index contributed by atoms with van der Waals surface area (Å²) >= 11 is 8.98. The van der Waals surface area contributed by atoms with Crippen molar-refractivity contribution in [2.24, 2.45) is 0 Å². The summed E-state index contributed by atoms with van der Waals surface area (Å²) in [5.74, 6) is -1.03. The van der Waals surface area contributed by atoms with Gasteiger partial charge in [-0.15, -0.1) is 0 Å². The van der Waals surface area contributed by atoms with Crippen LogP contribution in [0.15, 0.2) is 16.6 Å². The quantitative estimate of drug-likeness (QED) is 0.841. The Labute approximate surface area is 92.0 Å². The van der Waals surface area contributed by atoms with Crippen molar-refractivity contribution in [3.63, 3.8) is 0 Å². The minimum atomic E-state index is -1.03. The number of fused-ring (bicyclic) bond motifs is 1. The first-order valence-electron chi connectivity index (χ1n) is 3.66. The van der Waals surface area contributed by atoms with E-state index in [0.717, 1.165) is 0 Å². The molecule has 1 heterocycles. The number of rotatable bonds is 1. The zero-order valence-electron chi connectivity index (χ0n) is 6.71. The van der Waals surface area contributed by atoms with Crippen LogP contribution >= 0.6 is 27.5 Å². The van der Waals surface area contributed by atoms with Crippen LogP contribution in [0.1, 0.15) is 10.4 Å². The van der Waals surface area contributed by atoms with Gasteiger partial charge in [-0.25, -0.2) is 4.79 Å². The maximum Gasteiger partial charge on any atom is 0.336 e. The van der Waals surface area contributed by atoms with Crippen molar-refractivity contribution in [3.05, 3.63) is 27.3 Å². The van der Waals surface area contributed by atoms with Gasteiger partial charge in [0.15, 0.2) is 0 Å². The lowest BCUT2D eigenvalue weighted by molar-refractivity contribution is 0.0699. The number of halogens is 2. The molecule has 6 heteroatoms. The molecule has 1 aromatic carbocycles. The van der Waals surface area contributed by atoms with E-state index in [2.05, 4.69) is 26.1 Å². The number of hydrogen-bond donors (Lipinski definition) is 2. The minimum Gasteiger partial charge on any atom is -0.478 e. The van der Waals surface area contributed by atoms with Crippen LogP contribution in [0.4, 0.5) is 0 Å². The van der Waals surface area contributed by atoms with Crippen molar-refractivity contribution >= 4 is 44.4 Å². The highest BCUT2D eigenvalue weighted by Gasteiger charge is 2.14. The van der Waals surface area contributed by atoms with Crippen LogP contribution in [0.5, 0.6) is 0 Å². The van der Waals surface area contributed by atoms with Crippen molar-refractivity contribution in [2.45, 2.75) is 0 Å². The number of nitrogens with zero attached hydrogens (tertiary/aromatic N) is 1. The molecule has 0 radical (unpaired) electrons. The number of carboxylic acids is 1. The molecule has 14 heavy (non-hydrogen) atoms. The highest BCUT2D eigenvalue weighted by atomic mass is 79.9. The van der Waals surface area contributed by atoms with Gasteiger partial charge in [-0.3, -0.25) is 5.10 Å². The maximum atomic E-state index is 10.9. The van der Waals surface area contributed by atoms with Gasteiger partial charge in [-0.1, -0.05) is 27.5 Å². The maximum absolute atomic E-state index is 10.9. The first-order valence-corrected chi connectivity index (χ1v) is 4.83. The number of aromatic amines is 1. The molecular weight excluding hydrogens is 271 g/mol. The van der Waals surface area contributed by atoms with E-state index in [0.29, 0.717) is 15.4 Å². The van der Waals surface area contributed by atoms with Gasteiger partial charge in [-0.2, -0.15) is 5.10 Å². The van der Waals surface area contributed by atoms with Crippen molar-refractivity contribution in [1.82, 2.24) is 10.2 Å². The van der Waals surface area contributed by atoms with Crippen LogP contribution in [0, 0.1) is 0 Å². The first kappa shape index (κ1) is 9.48. The molecule has 0 saturated carbocycles. The molecule has 1 aromatic heterocycles. The monoisotopic (exact) mass is 274 g/mol. The zero-order chi connectivity index (χ0) is 10.3. The van der Waals surface area contributed by atoms with E-state index >= 15 is 0 Å². The van der Waals surface area contributed by atoms with E-state index in [9.17, 15) is 4.79 Å². The van der Waals surface area contributed by atoms with Crippen LogP contribution in [0.2, 0.25) is 5.15 Å². The van der Waals surface area contributed by atoms with Crippen LogP contribution < -0.4 is 0 Å². The van der Waals surface area contributed by atoms with Crippen LogP contribution in [-0.4, -0.2) is 21.3 Å². The van der Waals surface area contributed by atoms with Crippen LogP contribution in [0.25, 0.3) is 10.9 Å². The summed E-state index contributed by atoms with van der Waals surface area (Å²) in [4.78, 5) is 10.9. The largest absolute Gasteiger partial charge is 0.478 e. The Morgan fingerprint density at radius 1 is 1.57 bits per heavy atom. The fourth-order valence-corrected chi connectivity index (χ4v) is 1.93. The number of H-pyrrole nitrogens is 1. The van der Waals surface area contributed by atoms with E-state index in [1.54, 1.807) is 6.07 Å². The lowest BCUT2D eigenvalue weighted by atomic mass is 10.1. The predicted octanol–water partition coefficient (Wildman–Crippen LogP) is 2.68. The smallest absolute Gasteiger partial charge is 0.336 e. The molecule has 0 bridgehead atoms. The van der Waals surface area contributed by atoms with Crippen molar-refractivity contribution in [2.75, 3.05) is 0 Å². The van der Waals surface area contributed by atoms with Gasteiger partial charge in [0, 0.05) is 4.47 Å². The second-order valence-corrected chi connectivity index (χ2v) is 3.98. The average molecular weight is 275 g/mol. The molecule has 0 atom stereocenters. The summed E-state index contributed by atoms with van der Waals surface area (Å²) in [6, 6.07) is 3.19. The average Bonchev–Trinajstić information content (AvgIpc) is 2.46. The predicted molar refractivity (Wildman–Crippen MR) is 55.8 cm³/mol. The van der Waals surface area contributed by atoms with E-state index in [-0.39, 0.29) is 10.7 Å². The Hall–Kier alpha value is -1.07. The SMILES string of the molecule is O=C(O)c1cc(Br)cc2n[nH]c(Cl)c12. The summed E-state index contributed by atoms with van der Waals surface area (Å²) in [6.45, 7) is 0. The zero-order valence-corrected chi connectivity index (χ0v) is 9.06. The molecule has 0 aliphatic carbocycles. The molecule has 0 saturated heterocycles. The number of hydrogen-bond acceptors (Lipinski definition) is 2. The molecule has 0 aliphatic rings. The molecule has 72 valence electrons. The molecule has 0 unspecified atom stereocenters. The number of aromatic carboxylic acids is 1. The number of carbonyl (C=O) groups is 1. The lowest BCUT2D eigenvalue weighted by Crippen LogP contribution is -1.96. The molecule has 2 rings (SSSR count). The summed E-state index contributed by atoms with van der Waals surface area (Å²) in [7, 11) is 0. The fourth-order valence-electron chi connectivity index (χ4n) is 1.25. The molecule has 2 N–H and O–H groups in total. The highest BCUT2D eigenvalue weighted by Crippen LogP contribution is 2.28. The van der Waals surface area contributed by atoms with Gasteiger partial charge in [0.25, 0.3) is 0 Å². The molecule has 0 fully saturated rings. The Morgan fingerprint density at radius 2 is 2.29 bits per heavy atom. The minimum absolute atomic E-state index is 0.133. The van der Waals surface area contributed by atoms with Crippen molar-refractivity contribution < 1.29 is 9.90 Å². The summed E-state index contributed by atoms with van der Waals surface area (Å²) in [6.07, 6.45) is 0. The van der Waals surface area contributed by atoms with Gasteiger partial charge in [0.05, 0.1) is 16.5 Å². The fraction of sp³-hybridized carbons (Fsp3) is 0. The second kappa shape index (κ2) is 3.25. The Kier molecular flexibility index (Phi) is 2.20. The molecule has 2 aromatic rings. The Bertz CT molecular complexity index is 523. The third kappa shape index (κ3) is 1.38. The second-order valence-electron chi connectivity index (χ2n) is 2.69. The standard InChI is InChI=1S/C8H4BrClN2O2/c9-3-1-4(8(13)14)6-5(2-3)11-12-7(6)10/h1-2H,(H,11,12)(H,13,14). The topological polar surface area (TPSA) is 66.0 Å². The van der Waals surface area contributed by atoms with Gasteiger partial charge < -0.3 is 5.11 Å². The molecular formula is C8H4BrClN2O2. The summed E-state index contributed by atoms with van der Waals surface area (Å²) < 4.78 is 0.658. The van der Waals surface area contributed by atoms with Crippen LogP contribution in [0.3, 0.4) is 0 Å². The third-order valence-electron chi connectivity index (χ3n) is 1.81. The Morgan fingerprint density at radius 3 is 2.93 bits per heavy atom. The first-order chi connectivity index (χ1) is 6.59. The summed E-state index contributed by atoms with van der Waals surface area (Å²) in [5, 5.41) is 16.0. The van der Waals surface area contributed by atoms with Gasteiger partial charge in [0.2, 0.25) is 0 Å². The molecule has 0 aliphatic heterocycles. The molecule has 4 nitrogen and oxygen atoms in total. The van der Waals surface area contributed by atoms with Crippen LogP contribution in [-0.2, 0) is 0 Å². The number of benzene rings is 1. The van der Waals surface area contributed by atoms with E-state index < -0.39 is 5.97 Å². The highest BCUT2D eigenvalue weighted by molar-refractivity contribution is 9.10. The number of aromatic nitrogens is 2. The van der Waals surface area contributed by atoms with Gasteiger partial charge in [-0.05, 0) is 12.1 Å². The normalized spacial score (nSPS) is 10.7. The van der Waals surface area contributed by atoms with E-state index in [1.807, 2.05) is 0 Å². The Balaban J connectivity index is 2.90. The van der Waals surface area contributed by atoms with Gasteiger partial charge in [0.1, 0.15) is 5.15 Å².